The molecule has 0 aromatic carbocycles. The number of hydrogen-bond acceptors (Lipinski definition) is 4. The van der Waals surface area contributed by atoms with Gasteiger partial charge in [0.1, 0.15) is 12.4 Å². The van der Waals surface area contributed by atoms with Crippen LogP contribution in [-0.4, -0.2) is 15.0 Å². The van der Waals surface area contributed by atoms with Gasteiger partial charge in [0.25, 0.3) is 0 Å². The lowest BCUT2D eigenvalue weighted by molar-refractivity contribution is 0.298. The van der Waals surface area contributed by atoms with E-state index in [2.05, 4.69) is 15.0 Å². The first kappa shape index (κ1) is 10.8. The number of ether oxygens (including phenoxy) is 1. The van der Waals surface area contributed by atoms with Gasteiger partial charge in [-0.25, -0.2) is 15.0 Å². The topological polar surface area (TPSA) is 47.9 Å². The van der Waals surface area contributed by atoms with Crippen molar-refractivity contribution in [2.45, 2.75) is 6.61 Å². The highest BCUT2D eigenvalue weighted by molar-refractivity contribution is 6.28. The molecule has 4 nitrogen and oxygen atoms in total. The molecular weight excluding hydrogens is 233 g/mol. The quantitative estimate of drug-likeness (QED) is 0.609. The smallest absolute Gasteiger partial charge is 0.222 e. The first-order valence-electron chi connectivity index (χ1n) is 4.46. The molecule has 2 aromatic heterocycles. The number of aromatic nitrogens is 3. The predicted octanol–water partition coefficient (Wildman–Crippen LogP) is 2.24. The van der Waals surface area contributed by atoms with Crippen molar-refractivity contribution >= 4 is 11.6 Å². The maximum atomic E-state index is 12.7. The molecule has 0 unspecified atom stereocenters. The first-order chi connectivity index (χ1) is 7.74. The number of rotatable bonds is 3. The Hall–Kier alpha value is -1.75. The van der Waals surface area contributed by atoms with Crippen molar-refractivity contribution in [2.75, 3.05) is 0 Å². The molecule has 6 heteroatoms. The van der Waals surface area contributed by atoms with Crippen LogP contribution in [0, 0.1) is 5.95 Å². The van der Waals surface area contributed by atoms with Crippen molar-refractivity contribution < 1.29 is 9.13 Å². The largest absolute Gasteiger partial charge is 0.487 e. The Morgan fingerprint density at radius 1 is 1.25 bits per heavy atom. The summed E-state index contributed by atoms with van der Waals surface area (Å²) in [6.07, 6.45) is 2.86. The summed E-state index contributed by atoms with van der Waals surface area (Å²) in [4.78, 5) is 11.1. The number of hydrogen-bond donors (Lipinski definition) is 0. The van der Waals surface area contributed by atoms with Gasteiger partial charge >= 0.3 is 0 Å². The minimum Gasteiger partial charge on any atom is -0.487 e. The van der Waals surface area contributed by atoms with Gasteiger partial charge in [0.05, 0.1) is 5.69 Å². The molecule has 2 heterocycles. The van der Waals surface area contributed by atoms with Crippen LogP contribution in [0.3, 0.4) is 0 Å². The maximum Gasteiger partial charge on any atom is 0.222 e. The molecule has 0 N–H and O–H groups in total. The molecule has 16 heavy (non-hydrogen) atoms. The zero-order valence-electron chi connectivity index (χ0n) is 8.10. The molecule has 0 saturated carbocycles. The summed E-state index contributed by atoms with van der Waals surface area (Å²) in [5, 5.41) is 0.155. The molecule has 0 aliphatic rings. The van der Waals surface area contributed by atoms with E-state index in [0.717, 1.165) is 0 Å². The van der Waals surface area contributed by atoms with Crippen LogP contribution in [0.5, 0.6) is 5.75 Å². The van der Waals surface area contributed by atoms with Crippen LogP contribution in [-0.2, 0) is 6.61 Å². The summed E-state index contributed by atoms with van der Waals surface area (Å²) in [7, 11) is 0. The Kier molecular flexibility index (Phi) is 3.26. The molecule has 0 fully saturated rings. The van der Waals surface area contributed by atoms with Crippen LogP contribution in [0.1, 0.15) is 5.69 Å². The van der Waals surface area contributed by atoms with Crippen molar-refractivity contribution in [3.05, 3.63) is 47.5 Å². The Labute approximate surface area is 96.1 Å². The average Bonchev–Trinajstić information content (AvgIpc) is 2.27. The lowest BCUT2D eigenvalue weighted by Crippen LogP contribution is -1.99. The molecule has 82 valence electrons. The Morgan fingerprint density at radius 3 is 2.81 bits per heavy atom. The monoisotopic (exact) mass is 239 g/mol. The molecule has 0 aliphatic heterocycles. The van der Waals surface area contributed by atoms with E-state index in [1.165, 1.54) is 18.5 Å². The number of nitrogens with zero attached hydrogens (tertiary/aromatic N) is 3. The van der Waals surface area contributed by atoms with Crippen LogP contribution < -0.4 is 4.74 Å². The summed E-state index contributed by atoms with van der Waals surface area (Å²) in [5.41, 5.74) is 0.622. The van der Waals surface area contributed by atoms with Gasteiger partial charge in [-0.3, -0.25) is 0 Å². The molecule has 0 aliphatic carbocycles. The fraction of sp³-hybridized carbons (Fsp3) is 0.100. The summed E-state index contributed by atoms with van der Waals surface area (Å²) in [5.74, 6) is -0.194. The Morgan fingerprint density at radius 2 is 2.06 bits per heavy atom. The molecule has 0 spiro atoms. The lowest BCUT2D eigenvalue weighted by atomic mass is 10.4. The van der Waals surface area contributed by atoms with Crippen molar-refractivity contribution in [1.29, 1.82) is 0 Å². The van der Waals surface area contributed by atoms with Crippen LogP contribution >= 0.6 is 11.6 Å². The zero-order valence-corrected chi connectivity index (χ0v) is 8.86. The van der Waals surface area contributed by atoms with Crippen LogP contribution in [0.4, 0.5) is 4.39 Å². The van der Waals surface area contributed by atoms with Crippen molar-refractivity contribution in [3.63, 3.8) is 0 Å². The molecule has 0 atom stereocenters. The zero-order chi connectivity index (χ0) is 11.4. The second-order valence-electron chi connectivity index (χ2n) is 2.92. The predicted molar refractivity (Wildman–Crippen MR) is 55.6 cm³/mol. The minimum absolute atomic E-state index is 0.155. The van der Waals surface area contributed by atoms with Gasteiger partial charge in [0, 0.05) is 18.5 Å². The van der Waals surface area contributed by atoms with E-state index in [9.17, 15) is 4.39 Å². The summed E-state index contributed by atoms with van der Waals surface area (Å²) < 4.78 is 18.0. The highest BCUT2D eigenvalue weighted by Gasteiger charge is 2.00. The van der Waals surface area contributed by atoms with E-state index in [4.69, 9.17) is 16.3 Å². The van der Waals surface area contributed by atoms with E-state index >= 15 is 0 Å². The van der Waals surface area contributed by atoms with E-state index in [1.807, 2.05) is 0 Å². The number of pyridine rings is 1. The average molecular weight is 240 g/mol. The van der Waals surface area contributed by atoms with Gasteiger partial charge in [0.15, 0.2) is 0 Å². The van der Waals surface area contributed by atoms with E-state index in [1.54, 1.807) is 12.1 Å². The lowest BCUT2D eigenvalue weighted by Gasteiger charge is -2.04. The van der Waals surface area contributed by atoms with Crippen LogP contribution in [0.15, 0.2) is 30.6 Å². The fourth-order valence-electron chi connectivity index (χ4n) is 1.08. The molecule has 0 radical (unpaired) electrons. The van der Waals surface area contributed by atoms with Gasteiger partial charge in [-0.2, -0.15) is 4.39 Å². The molecule has 0 saturated heterocycles. The summed E-state index contributed by atoms with van der Waals surface area (Å²) >= 11 is 5.60. The van der Waals surface area contributed by atoms with E-state index < -0.39 is 5.95 Å². The summed E-state index contributed by atoms with van der Waals surface area (Å²) in [6, 6.07) is 4.43. The first-order valence-corrected chi connectivity index (χ1v) is 4.83. The third-order valence-corrected chi connectivity index (χ3v) is 1.95. The number of halogens is 2. The second-order valence-corrected chi connectivity index (χ2v) is 3.26. The summed E-state index contributed by atoms with van der Waals surface area (Å²) in [6.45, 7) is 0.200. The van der Waals surface area contributed by atoms with Crippen LogP contribution in [0.25, 0.3) is 0 Å². The maximum absolute atomic E-state index is 12.7. The SMILES string of the molecule is Fc1cc(OCc2ccnc(Cl)n2)ccn1. The molecule has 0 bridgehead atoms. The Bertz CT molecular complexity index is 449. The van der Waals surface area contributed by atoms with Crippen molar-refractivity contribution in [2.24, 2.45) is 0 Å². The highest BCUT2D eigenvalue weighted by Crippen LogP contribution is 2.12. The van der Waals surface area contributed by atoms with Gasteiger partial charge in [0.2, 0.25) is 11.2 Å². The molecule has 2 aromatic rings. The Balaban J connectivity index is 2.02. The van der Waals surface area contributed by atoms with Gasteiger partial charge < -0.3 is 4.74 Å². The van der Waals surface area contributed by atoms with Gasteiger partial charge in [-0.05, 0) is 23.7 Å². The normalized spacial score (nSPS) is 10.1. The third kappa shape index (κ3) is 2.87. The molecule has 0 amide bonds. The van der Waals surface area contributed by atoms with Crippen molar-refractivity contribution in [3.8, 4) is 5.75 Å². The van der Waals surface area contributed by atoms with Gasteiger partial charge in [-0.15, -0.1) is 0 Å². The van der Waals surface area contributed by atoms with Gasteiger partial charge in [-0.1, -0.05) is 0 Å². The third-order valence-electron chi connectivity index (χ3n) is 1.77. The van der Waals surface area contributed by atoms with E-state index in [0.29, 0.717) is 11.4 Å². The molecule has 2 rings (SSSR count). The second kappa shape index (κ2) is 4.85. The van der Waals surface area contributed by atoms with Crippen molar-refractivity contribution in [1.82, 2.24) is 15.0 Å². The van der Waals surface area contributed by atoms with Crippen LogP contribution in [0.2, 0.25) is 5.28 Å². The fourth-order valence-corrected chi connectivity index (χ4v) is 1.25. The standard InChI is InChI=1S/C10H7ClFN3O/c11-10-14-3-1-7(15-10)6-16-8-2-4-13-9(12)5-8/h1-5H,6H2. The highest BCUT2D eigenvalue weighted by atomic mass is 35.5. The molecular formula is C10H7ClFN3O. The van der Waals surface area contributed by atoms with E-state index in [-0.39, 0.29) is 11.9 Å². The minimum atomic E-state index is -0.585.